The van der Waals surface area contributed by atoms with Crippen LogP contribution in [0.5, 0.6) is 0 Å². The summed E-state index contributed by atoms with van der Waals surface area (Å²) in [6.07, 6.45) is 11.6. The predicted octanol–water partition coefficient (Wildman–Crippen LogP) is 3.24. The van der Waals surface area contributed by atoms with Gasteiger partial charge in [-0.15, -0.1) is 0 Å². The fourth-order valence-electron chi connectivity index (χ4n) is 1.40. The van der Waals surface area contributed by atoms with Crippen molar-refractivity contribution in [3.05, 3.63) is 11.6 Å². The Morgan fingerprint density at radius 3 is 3.10 bits per heavy atom. The highest BCUT2D eigenvalue weighted by Crippen LogP contribution is 2.19. The van der Waals surface area contributed by atoms with Crippen LogP contribution in [0, 0.1) is 0 Å². The number of thioether (sulfide) groups is 1. The second-order valence-corrected chi connectivity index (χ2v) is 3.76. The lowest BCUT2D eigenvalue weighted by atomic mass is 10.1. The molecule has 0 bridgehead atoms. The highest BCUT2D eigenvalue weighted by atomic mass is 32.2. The van der Waals surface area contributed by atoms with Gasteiger partial charge in [0.25, 0.3) is 0 Å². The zero-order chi connectivity index (χ0) is 7.23. The minimum atomic E-state index is 1.26. The Balaban J connectivity index is 2.31. The van der Waals surface area contributed by atoms with Gasteiger partial charge in [0.2, 0.25) is 0 Å². The van der Waals surface area contributed by atoms with Gasteiger partial charge in [0.15, 0.2) is 0 Å². The summed E-state index contributed by atoms with van der Waals surface area (Å²) in [6.45, 7) is 0. The topological polar surface area (TPSA) is 0 Å². The van der Waals surface area contributed by atoms with Gasteiger partial charge in [0.1, 0.15) is 0 Å². The van der Waals surface area contributed by atoms with Crippen molar-refractivity contribution >= 4 is 11.8 Å². The molecule has 1 aliphatic rings. The molecule has 0 aromatic carbocycles. The van der Waals surface area contributed by atoms with Crippen LogP contribution >= 0.6 is 11.8 Å². The van der Waals surface area contributed by atoms with E-state index >= 15 is 0 Å². The Morgan fingerprint density at radius 1 is 1.40 bits per heavy atom. The first kappa shape index (κ1) is 8.19. The summed E-state index contributed by atoms with van der Waals surface area (Å²) in [5, 5.41) is 0. The van der Waals surface area contributed by atoms with Crippen molar-refractivity contribution in [2.75, 3.05) is 12.0 Å². The molecule has 0 fully saturated rings. The molecule has 1 heteroatoms. The summed E-state index contributed by atoms with van der Waals surface area (Å²) in [5.74, 6) is 1.26. The maximum absolute atomic E-state index is 2.45. The van der Waals surface area contributed by atoms with Crippen LogP contribution in [0.4, 0.5) is 0 Å². The van der Waals surface area contributed by atoms with Gasteiger partial charge in [-0.25, -0.2) is 0 Å². The van der Waals surface area contributed by atoms with Gasteiger partial charge in [0, 0.05) is 5.75 Å². The van der Waals surface area contributed by atoms with E-state index in [-0.39, 0.29) is 0 Å². The fraction of sp³-hybridized carbons (Fsp3) is 0.778. The molecule has 0 aromatic heterocycles. The number of hydrogen-bond acceptors (Lipinski definition) is 1. The summed E-state index contributed by atoms with van der Waals surface area (Å²) in [4.78, 5) is 0. The highest BCUT2D eigenvalue weighted by molar-refractivity contribution is 7.98. The van der Waals surface area contributed by atoms with Crippen LogP contribution in [0.3, 0.4) is 0 Å². The largest absolute Gasteiger partial charge is 0.161 e. The quantitative estimate of drug-likeness (QED) is 0.553. The van der Waals surface area contributed by atoms with Crippen molar-refractivity contribution in [2.24, 2.45) is 0 Å². The first-order chi connectivity index (χ1) is 4.93. The summed E-state index contributed by atoms with van der Waals surface area (Å²) in [7, 11) is 0. The molecule has 0 heterocycles. The van der Waals surface area contributed by atoms with Gasteiger partial charge >= 0.3 is 0 Å². The van der Waals surface area contributed by atoms with E-state index in [1.807, 2.05) is 11.8 Å². The van der Waals surface area contributed by atoms with Crippen LogP contribution in [0.1, 0.15) is 32.1 Å². The second-order valence-electron chi connectivity index (χ2n) is 2.89. The molecule has 0 N–H and O–H groups in total. The standard InChI is InChI=1S/C9H16S/c1-10-8-9-6-4-2-3-5-7-9/h6H,2-5,7-8H2,1H3. The van der Waals surface area contributed by atoms with Gasteiger partial charge in [-0.1, -0.05) is 18.1 Å². The van der Waals surface area contributed by atoms with Gasteiger partial charge in [-0.3, -0.25) is 0 Å². The third-order valence-corrected chi connectivity index (χ3v) is 2.62. The molecule has 58 valence electrons. The van der Waals surface area contributed by atoms with Gasteiger partial charge in [-0.2, -0.15) is 11.8 Å². The van der Waals surface area contributed by atoms with E-state index in [2.05, 4.69) is 12.3 Å². The van der Waals surface area contributed by atoms with Crippen molar-refractivity contribution in [1.82, 2.24) is 0 Å². The van der Waals surface area contributed by atoms with Crippen LogP contribution in [0.2, 0.25) is 0 Å². The predicted molar refractivity (Wildman–Crippen MR) is 49.6 cm³/mol. The van der Waals surface area contributed by atoms with E-state index in [0.29, 0.717) is 0 Å². The van der Waals surface area contributed by atoms with Crippen molar-refractivity contribution < 1.29 is 0 Å². The normalized spacial score (nSPS) is 19.9. The van der Waals surface area contributed by atoms with Crippen LogP contribution in [0.25, 0.3) is 0 Å². The average Bonchev–Trinajstić information content (AvgIpc) is 2.17. The molecule has 10 heavy (non-hydrogen) atoms. The summed E-state index contributed by atoms with van der Waals surface area (Å²) in [6, 6.07) is 0. The lowest BCUT2D eigenvalue weighted by Gasteiger charge is -2.00. The molecular weight excluding hydrogens is 140 g/mol. The summed E-state index contributed by atoms with van der Waals surface area (Å²) < 4.78 is 0. The molecule has 0 nitrogen and oxygen atoms in total. The average molecular weight is 156 g/mol. The van der Waals surface area contributed by atoms with Crippen molar-refractivity contribution in [2.45, 2.75) is 32.1 Å². The van der Waals surface area contributed by atoms with Crippen LogP contribution in [-0.2, 0) is 0 Å². The third-order valence-electron chi connectivity index (χ3n) is 1.96. The Bertz CT molecular complexity index is 116. The van der Waals surface area contributed by atoms with E-state index in [0.717, 1.165) is 0 Å². The molecule has 0 unspecified atom stereocenters. The van der Waals surface area contributed by atoms with Crippen molar-refractivity contribution in [3.8, 4) is 0 Å². The molecule has 0 saturated carbocycles. The number of allylic oxidation sites excluding steroid dienone is 1. The maximum Gasteiger partial charge on any atom is 0.0140 e. The number of rotatable bonds is 2. The molecule has 0 amide bonds. The van der Waals surface area contributed by atoms with Gasteiger partial charge in [0.05, 0.1) is 0 Å². The zero-order valence-electron chi connectivity index (χ0n) is 6.73. The molecular formula is C9H16S. The van der Waals surface area contributed by atoms with Crippen LogP contribution in [-0.4, -0.2) is 12.0 Å². The van der Waals surface area contributed by atoms with Crippen molar-refractivity contribution in [3.63, 3.8) is 0 Å². The Labute approximate surface area is 68.1 Å². The molecule has 0 atom stereocenters. The van der Waals surface area contributed by atoms with E-state index in [1.54, 1.807) is 5.57 Å². The molecule has 0 spiro atoms. The van der Waals surface area contributed by atoms with Gasteiger partial charge in [-0.05, 0) is 31.9 Å². The lowest BCUT2D eigenvalue weighted by Crippen LogP contribution is -1.84. The first-order valence-electron chi connectivity index (χ1n) is 4.10. The molecule has 0 saturated heterocycles. The smallest absolute Gasteiger partial charge is 0.0140 e. The highest BCUT2D eigenvalue weighted by Gasteiger charge is 2.00. The minimum Gasteiger partial charge on any atom is -0.161 e. The molecule has 0 aromatic rings. The van der Waals surface area contributed by atoms with Gasteiger partial charge < -0.3 is 0 Å². The van der Waals surface area contributed by atoms with E-state index in [4.69, 9.17) is 0 Å². The zero-order valence-corrected chi connectivity index (χ0v) is 7.54. The molecule has 1 aliphatic carbocycles. The molecule has 0 radical (unpaired) electrons. The van der Waals surface area contributed by atoms with E-state index in [1.165, 1.54) is 37.9 Å². The van der Waals surface area contributed by atoms with Crippen LogP contribution < -0.4 is 0 Å². The first-order valence-corrected chi connectivity index (χ1v) is 5.49. The second kappa shape index (κ2) is 4.84. The SMILES string of the molecule is CSCC1=CCCCCC1. The Hall–Kier alpha value is 0.0900. The monoisotopic (exact) mass is 156 g/mol. The minimum absolute atomic E-state index is 1.26. The Morgan fingerprint density at radius 2 is 2.30 bits per heavy atom. The van der Waals surface area contributed by atoms with E-state index < -0.39 is 0 Å². The maximum atomic E-state index is 2.45. The summed E-state index contributed by atoms with van der Waals surface area (Å²) >= 11 is 1.95. The molecule has 0 aliphatic heterocycles. The third kappa shape index (κ3) is 2.78. The molecule has 1 rings (SSSR count). The van der Waals surface area contributed by atoms with Crippen molar-refractivity contribution in [1.29, 1.82) is 0 Å². The fourth-order valence-corrected chi connectivity index (χ4v) is 2.03. The lowest BCUT2D eigenvalue weighted by molar-refractivity contribution is 0.711. The summed E-state index contributed by atoms with van der Waals surface area (Å²) in [5.41, 5.74) is 1.69. The number of hydrogen-bond donors (Lipinski definition) is 0. The van der Waals surface area contributed by atoms with E-state index in [9.17, 15) is 0 Å². The van der Waals surface area contributed by atoms with Crippen LogP contribution in [0.15, 0.2) is 11.6 Å². The Kier molecular flexibility index (Phi) is 3.96.